The van der Waals surface area contributed by atoms with Crippen LogP contribution in [0.5, 0.6) is 5.75 Å². The van der Waals surface area contributed by atoms with E-state index in [0.717, 1.165) is 19.5 Å². The number of benzene rings is 1. The Morgan fingerprint density at radius 3 is 2.85 bits per heavy atom. The van der Waals surface area contributed by atoms with Gasteiger partial charge in [-0.25, -0.2) is 0 Å². The van der Waals surface area contributed by atoms with Gasteiger partial charge in [-0.15, -0.1) is 0 Å². The first-order valence-corrected chi connectivity index (χ1v) is 7.28. The third kappa shape index (κ3) is 2.87. The molecule has 0 aromatic heterocycles. The van der Waals surface area contributed by atoms with Gasteiger partial charge in [0, 0.05) is 18.6 Å². The number of nitrogens with zero attached hydrogens (tertiary/aromatic N) is 1. The lowest BCUT2D eigenvalue weighted by atomic mass is 9.99. The van der Waals surface area contributed by atoms with Crippen molar-refractivity contribution < 1.29 is 13.5 Å². The van der Waals surface area contributed by atoms with Crippen molar-refractivity contribution in [1.29, 1.82) is 0 Å². The van der Waals surface area contributed by atoms with Crippen LogP contribution in [0.15, 0.2) is 24.3 Å². The lowest BCUT2D eigenvalue weighted by Gasteiger charge is -2.33. The number of fused-ring (bicyclic) bond motifs is 1. The van der Waals surface area contributed by atoms with Crippen molar-refractivity contribution >= 4 is 5.69 Å². The second-order valence-electron chi connectivity index (χ2n) is 5.51. The molecule has 2 heterocycles. The third-order valence-corrected chi connectivity index (χ3v) is 4.30. The third-order valence-electron chi connectivity index (χ3n) is 4.30. The molecule has 3 rings (SSSR count). The Bertz CT molecular complexity index is 455. The van der Waals surface area contributed by atoms with Crippen molar-refractivity contribution in [3.05, 3.63) is 24.3 Å². The van der Waals surface area contributed by atoms with Crippen LogP contribution in [0.2, 0.25) is 0 Å². The summed E-state index contributed by atoms with van der Waals surface area (Å²) in [5, 5.41) is 3.41. The van der Waals surface area contributed by atoms with Crippen LogP contribution >= 0.6 is 0 Å². The fourth-order valence-corrected chi connectivity index (χ4v) is 3.40. The topological polar surface area (TPSA) is 24.5 Å². The largest absolute Gasteiger partial charge is 0.433 e. The van der Waals surface area contributed by atoms with Gasteiger partial charge in [-0.05, 0) is 37.9 Å². The highest BCUT2D eigenvalue weighted by molar-refractivity contribution is 5.57. The maximum Gasteiger partial charge on any atom is 0.387 e. The van der Waals surface area contributed by atoms with E-state index in [1.807, 2.05) is 12.1 Å². The van der Waals surface area contributed by atoms with Crippen LogP contribution in [0.3, 0.4) is 0 Å². The SMILES string of the molecule is FC(F)Oc1ccccc1NC1CCN2CCCCC12. The predicted octanol–water partition coefficient (Wildman–Crippen LogP) is 3.33. The maximum atomic E-state index is 12.4. The Hall–Kier alpha value is -1.36. The summed E-state index contributed by atoms with van der Waals surface area (Å²) >= 11 is 0. The second kappa shape index (κ2) is 5.95. The number of piperidine rings is 1. The van der Waals surface area contributed by atoms with Gasteiger partial charge in [0.25, 0.3) is 0 Å². The summed E-state index contributed by atoms with van der Waals surface area (Å²) in [6.07, 6.45) is 4.78. The van der Waals surface area contributed by atoms with Crippen molar-refractivity contribution in [3.63, 3.8) is 0 Å². The average Bonchev–Trinajstić information content (AvgIpc) is 2.84. The molecule has 0 radical (unpaired) electrons. The van der Waals surface area contributed by atoms with Crippen LogP contribution in [0.1, 0.15) is 25.7 Å². The summed E-state index contributed by atoms with van der Waals surface area (Å²) in [4.78, 5) is 2.51. The van der Waals surface area contributed by atoms with E-state index in [0.29, 0.717) is 17.8 Å². The molecule has 0 bridgehead atoms. The van der Waals surface area contributed by atoms with Crippen molar-refractivity contribution in [2.45, 2.75) is 44.4 Å². The lowest BCUT2D eigenvalue weighted by Crippen LogP contribution is -2.41. The molecule has 1 aromatic rings. The first-order valence-electron chi connectivity index (χ1n) is 7.28. The van der Waals surface area contributed by atoms with E-state index >= 15 is 0 Å². The summed E-state index contributed by atoms with van der Waals surface area (Å²) in [5.41, 5.74) is 0.672. The molecular weight excluding hydrogens is 262 g/mol. The van der Waals surface area contributed by atoms with E-state index in [2.05, 4.69) is 15.0 Å². The minimum absolute atomic E-state index is 0.233. The van der Waals surface area contributed by atoms with Crippen LogP contribution in [0, 0.1) is 0 Å². The average molecular weight is 282 g/mol. The van der Waals surface area contributed by atoms with Crippen LogP contribution < -0.4 is 10.1 Å². The van der Waals surface area contributed by atoms with Gasteiger partial charge in [0.05, 0.1) is 5.69 Å². The molecule has 110 valence electrons. The molecule has 5 heteroatoms. The zero-order chi connectivity index (χ0) is 13.9. The molecule has 0 aliphatic carbocycles. The number of ether oxygens (including phenoxy) is 1. The lowest BCUT2D eigenvalue weighted by molar-refractivity contribution is -0.0494. The second-order valence-corrected chi connectivity index (χ2v) is 5.51. The van der Waals surface area contributed by atoms with Gasteiger partial charge in [0.1, 0.15) is 5.75 Å². The molecule has 1 N–H and O–H groups in total. The molecule has 2 fully saturated rings. The highest BCUT2D eigenvalue weighted by atomic mass is 19.3. The number of nitrogens with one attached hydrogen (secondary N) is 1. The molecule has 3 nitrogen and oxygen atoms in total. The Morgan fingerprint density at radius 2 is 2.00 bits per heavy atom. The van der Waals surface area contributed by atoms with E-state index in [1.54, 1.807) is 12.1 Å². The maximum absolute atomic E-state index is 12.4. The number of rotatable bonds is 4. The standard InChI is InChI=1S/C15H20F2N2O/c16-15(17)20-14-7-2-1-5-12(14)18-11-8-10-19-9-4-3-6-13(11)19/h1-2,5,7,11,13,15,18H,3-4,6,8-10H2. The van der Waals surface area contributed by atoms with E-state index in [9.17, 15) is 8.78 Å². The summed E-state index contributed by atoms with van der Waals surface area (Å²) < 4.78 is 29.4. The molecule has 0 spiro atoms. The van der Waals surface area contributed by atoms with Crippen LogP contribution in [0.25, 0.3) is 0 Å². The van der Waals surface area contributed by atoms with Gasteiger partial charge in [-0.1, -0.05) is 18.6 Å². The Kier molecular flexibility index (Phi) is 4.05. The van der Waals surface area contributed by atoms with E-state index < -0.39 is 6.61 Å². The van der Waals surface area contributed by atoms with Gasteiger partial charge in [0.2, 0.25) is 0 Å². The van der Waals surface area contributed by atoms with E-state index in [1.165, 1.54) is 19.3 Å². The molecule has 0 saturated carbocycles. The molecule has 2 aliphatic heterocycles. The molecule has 2 aliphatic rings. The quantitative estimate of drug-likeness (QED) is 0.916. The number of anilines is 1. The highest BCUT2D eigenvalue weighted by Gasteiger charge is 2.35. The van der Waals surface area contributed by atoms with Crippen molar-refractivity contribution in [2.75, 3.05) is 18.4 Å². The molecule has 20 heavy (non-hydrogen) atoms. The van der Waals surface area contributed by atoms with Crippen LogP contribution in [-0.2, 0) is 0 Å². The minimum atomic E-state index is -2.78. The van der Waals surface area contributed by atoms with E-state index in [-0.39, 0.29) is 5.75 Å². The fourth-order valence-electron chi connectivity index (χ4n) is 3.40. The van der Waals surface area contributed by atoms with Crippen LogP contribution in [-0.4, -0.2) is 36.7 Å². The monoisotopic (exact) mass is 282 g/mol. The first-order chi connectivity index (χ1) is 9.74. The Balaban J connectivity index is 1.71. The van der Waals surface area contributed by atoms with Gasteiger partial charge < -0.3 is 10.1 Å². The molecule has 2 unspecified atom stereocenters. The highest BCUT2D eigenvalue weighted by Crippen LogP contribution is 2.32. The number of hydrogen-bond donors (Lipinski definition) is 1. The van der Waals surface area contributed by atoms with Gasteiger partial charge >= 0.3 is 6.61 Å². The van der Waals surface area contributed by atoms with Crippen LogP contribution in [0.4, 0.5) is 14.5 Å². The smallest absolute Gasteiger partial charge is 0.387 e. The Morgan fingerprint density at radius 1 is 1.15 bits per heavy atom. The van der Waals surface area contributed by atoms with E-state index in [4.69, 9.17) is 0 Å². The summed E-state index contributed by atoms with van der Waals surface area (Å²) in [7, 11) is 0. The normalized spacial score (nSPS) is 26.6. The number of hydrogen-bond acceptors (Lipinski definition) is 3. The summed E-state index contributed by atoms with van der Waals surface area (Å²) in [6, 6.07) is 7.81. The number of alkyl halides is 2. The molecule has 1 aromatic carbocycles. The van der Waals surface area contributed by atoms with Crippen molar-refractivity contribution in [2.24, 2.45) is 0 Å². The number of para-hydroxylation sites is 2. The summed E-state index contributed by atoms with van der Waals surface area (Å²) in [6.45, 7) is -0.522. The van der Waals surface area contributed by atoms with Crippen molar-refractivity contribution in [3.8, 4) is 5.75 Å². The first kappa shape index (κ1) is 13.6. The van der Waals surface area contributed by atoms with Gasteiger partial charge in [0.15, 0.2) is 0 Å². The molecule has 0 amide bonds. The zero-order valence-corrected chi connectivity index (χ0v) is 11.4. The fraction of sp³-hybridized carbons (Fsp3) is 0.600. The minimum Gasteiger partial charge on any atom is -0.433 e. The summed E-state index contributed by atoms with van der Waals surface area (Å²) in [5.74, 6) is 0.233. The van der Waals surface area contributed by atoms with Gasteiger partial charge in [-0.2, -0.15) is 8.78 Å². The van der Waals surface area contributed by atoms with Gasteiger partial charge in [-0.3, -0.25) is 4.90 Å². The van der Waals surface area contributed by atoms with Crippen molar-refractivity contribution in [1.82, 2.24) is 4.90 Å². The predicted molar refractivity (Wildman–Crippen MR) is 74.3 cm³/mol. The molecular formula is C15H20F2N2O. The molecule has 2 atom stereocenters. The molecule has 2 saturated heterocycles. The zero-order valence-electron chi connectivity index (χ0n) is 11.4. The Labute approximate surface area is 117 Å². The number of halogens is 2.